The van der Waals surface area contributed by atoms with Crippen LogP contribution >= 0.6 is 0 Å². The number of carbonyl (C=O) groups excluding carboxylic acids is 1. The van der Waals surface area contributed by atoms with Crippen LogP contribution in [-0.4, -0.2) is 40.3 Å². The van der Waals surface area contributed by atoms with Crippen LogP contribution < -0.4 is 5.32 Å². The zero-order chi connectivity index (χ0) is 13.6. The molecule has 0 bridgehead atoms. The van der Waals surface area contributed by atoms with Gasteiger partial charge in [-0.05, 0) is 6.42 Å². The number of amides is 1. The minimum absolute atomic E-state index is 0.478. The number of rotatable bonds is 6. The van der Waals surface area contributed by atoms with Gasteiger partial charge < -0.3 is 15.5 Å². The topological polar surface area (TPSA) is 104 Å². The zero-order valence-electron chi connectivity index (χ0n) is 8.45. The molecule has 0 radical (unpaired) electrons. The highest BCUT2D eigenvalue weighted by atomic mass is 19.4. The normalized spacial score (nSPS) is 12.9. The lowest BCUT2D eigenvalue weighted by molar-refractivity contribution is -0.157. The lowest BCUT2D eigenvalue weighted by Crippen LogP contribution is -2.42. The Kier molecular flexibility index (Phi) is 5.42. The molecule has 0 aliphatic rings. The maximum atomic E-state index is 11.8. The van der Waals surface area contributed by atoms with Crippen molar-refractivity contribution in [2.24, 2.45) is 0 Å². The first-order chi connectivity index (χ1) is 7.61. The molecule has 3 N–H and O–H groups in total. The molecule has 0 aliphatic heterocycles. The van der Waals surface area contributed by atoms with E-state index in [4.69, 9.17) is 10.2 Å². The summed E-state index contributed by atoms with van der Waals surface area (Å²) >= 11 is 0. The minimum atomic E-state index is -4.74. The van der Waals surface area contributed by atoms with Crippen molar-refractivity contribution in [1.29, 1.82) is 0 Å². The molecule has 0 aromatic heterocycles. The van der Waals surface area contributed by atoms with Crippen molar-refractivity contribution in [3.05, 3.63) is 0 Å². The molecule has 0 spiro atoms. The predicted molar refractivity (Wildman–Crippen MR) is 47.1 cm³/mol. The molecule has 17 heavy (non-hydrogen) atoms. The molecule has 0 aliphatic carbocycles. The third kappa shape index (κ3) is 8.05. The van der Waals surface area contributed by atoms with Gasteiger partial charge in [-0.15, -0.1) is 0 Å². The molecule has 0 aromatic rings. The van der Waals surface area contributed by atoms with Crippen LogP contribution in [0.4, 0.5) is 13.2 Å². The average molecular weight is 257 g/mol. The van der Waals surface area contributed by atoms with Crippen LogP contribution in [0.3, 0.4) is 0 Å². The van der Waals surface area contributed by atoms with Crippen LogP contribution in [0.1, 0.15) is 19.3 Å². The number of nitrogens with one attached hydrogen (secondary N) is 1. The first-order valence-electron chi connectivity index (χ1n) is 4.42. The molecule has 9 heteroatoms. The van der Waals surface area contributed by atoms with Crippen molar-refractivity contribution in [2.75, 3.05) is 0 Å². The Morgan fingerprint density at radius 3 is 2.06 bits per heavy atom. The molecule has 0 saturated carbocycles. The smallest absolute Gasteiger partial charge is 0.397 e. The van der Waals surface area contributed by atoms with Crippen LogP contribution in [0.25, 0.3) is 0 Å². The van der Waals surface area contributed by atoms with E-state index in [9.17, 15) is 27.6 Å². The van der Waals surface area contributed by atoms with Gasteiger partial charge in [-0.25, -0.2) is 4.79 Å². The van der Waals surface area contributed by atoms with Crippen LogP contribution in [0, 0.1) is 0 Å². The van der Waals surface area contributed by atoms with Gasteiger partial charge in [-0.3, -0.25) is 9.59 Å². The van der Waals surface area contributed by atoms with E-state index in [1.807, 2.05) is 0 Å². The van der Waals surface area contributed by atoms with Gasteiger partial charge >= 0.3 is 18.1 Å². The maximum absolute atomic E-state index is 11.8. The number of aliphatic carboxylic acids is 2. The van der Waals surface area contributed by atoms with Gasteiger partial charge in [0.05, 0.1) is 0 Å². The molecule has 98 valence electrons. The van der Waals surface area contributed by atoms with Crippen molar-refractivity contribution >= 4 is 17.8 Å². The molecule has 0 heterocycles. The Morgan fingerprint density at radius 2 is 1.71 bits per heavy atom. The first kappa shape index (κ1) is 15.2. The summed E-state index contributed by atoms with van der Waals surface area (Å²) in [4.78, 5) is 31.5. The highest BCUT2D eigenvalue weighted by Gasteiger charge is 2.33. The van der Waals surface area contributed by atoms with Gasteiger partial charge in [0.1, 0.15) is 12.5 Å². The fourth-order valence-corrected chi connectivity index (χ4v) is 0.953. The molecule has 0 fully saturated rings. The van der Waals surface area contributed by atoms with Crippen molar-refractivity contribution in [2.45, 2.75) is 31.5 Å². The number of hydrogen-bond acceptors (Lipinski definition) is 3. The molecule has 6 nitrogen and oxygen atoms in total. The Morgan fingerprint density at radius 1 is 1.18 bits per heavy atom. The van der Waals surface area contributed by atoms with Gasteiger partial charge in [-0.1, -0.05) is 0 Å². The van der Waals surface area contributed by atoms with E-state index in [1.165, 1.54) is 0 Å². The maximum Gasteiger partial charge on any atom is 0.397 e. The fraction of sp³-hybridized carbons (Fsp3) is 0.625. The summed E-state index contributed by atoms with van der Waals surface area (Å²) in [5.41, 5.74) is 0. The molecule has 1 amide bonds. The van der Waals surface area contributed by atoms with E-state index in [-0.39, 0.29) is 0 Å². The monoisotopic (exact) mass is 257 g/mol. The van der Waals surface area contributed by atoms with Gasteiger partial charge in [0.15, 0.2) is 0 Å². The van der Waals surface area contributed by atoms with Gasteiger partial charge in [0, 0.05) is 6.42 Å². The van der Waals surface area contributed by atoms with E-state index in [0.29, 0.717) is 0 Å². The molecular weight excluding hydrogens is 247 g/mol. The highest BCUT2D eigenvalue weighted by molar-refractivity contribution is 5.84. The van der Waals surface area contributed by atoms with E-state index >= 15 is 0 Å². The van der Waals surface area contributed by atoms with Crippen LogP contribution in [0.5, 0.6) is 0 Å². The van der Waals surface area contributed by atoms with Gasteiger partial charge in [0.2, 0.25) is 5.91 Å². The van der Waals surface area contributed by atoms with Gasteiger partial charge in [-0.2, -0.15) is 13.2 Å². The summed E-state index contributed by atoms with van der Waals surface area (Å²) in [6, 6.07) is -1.64. The number of carbonyl (C=O) groups is 3. The van der Waals surface area contributed by atoms with E-state index in [2.05, 4.69) is 0 Å². The summed E-state index contributed by atoms with van der Waals surface area (Å²) in [5.74, 6) is -4.39. The second kappa shape index (κ2) is 6.06. The molecule has 0 unspecified atom stereocenters. The zero-order valence-corrected chi connectivity index (χ0v) is 8.45. The van der Waals surface area contributed by atoms with Crippen LogP contribution in [0.15, 0.2) is 0 Å². The number of carboxylic acids is 2. The molecule has 1 atom stereocenters. The lowest BCUT2D eigenvalue weighted by Gasteiger charge is -2.14. The standard InChI is InChI=1S/C8H10F3NO5/c9-8(10,11)3-5(13)12-4(7(16)17)1-2-6(14)15/h4H,1-3H2,(H,12,13)(H,14,15)(H,16,17)/t4-/m0/s1. The third-order valence-electron chi connectivity index (χ3n) is 1.64. The Hall–Kier alpha value is -1.80. The first-order valence-corrected chi connectivity index (χ1v) is 4.42. The Balaban J connectivity index is 4.30. The fourth-order valence-electron chi connectivity index (χ4n) is 0.953. The summed E-state index contributed by atoms with van der Waals surface area (Å²) in [7, 11) is 0. The predicted octanol–water partition coefficient (Wildman–Crippen LogP) is 0.373. The lowest BCUT2D eigenvalue weighted by atomic mass is 10.1. The third-order valence-corrected chi connectivity index (χ3v) is 1.64. The second-order valence-corrected chi connectivity index (χ2v) is 3.18. The summed E-state index contributed by atoms with van der Waals surface area (Å²) in [5, 5.41) is 18.4. The van der Waals surface area contributed by atoms with Crippen LogP contribution in [0.2, 0.25) is 0 Å². The van der Waals surface area contributed by atoms with Crippen molar-refractivity contribution in [1.82, 2.24) is 5.32 Å². The van der Waals surface area contributed by atoms with E-state index < -0.39 is 49.3 Å². The highest BCUT2D eigenvalue weighted by Crippen LogP contribution is 2.19. The molecule has 0 rings (SSSR count). The minimum Gasteiger partial charge on any atom is -0.481 e. The van der Waals surface area contributed by atoms with E-state index in [0.717, 1.165) is 0 Å². The Bertz CT molecular complexity index is 315. The Labute approximate surface area is 93.4 Å². The number of alkyl halides is 3. The summed E-state index contributed by atoms with van der Waals surface area (Å²) in [6.45, 7) is 0. The number of halogens is 3. The van der Waals surface area contributed by atoms with Crippen LogP contribution in [-0.2, 0) is 14.4 Å². The van der Waals surface area contributed by atoms with Crippen molar-refractivity contribution in [3.8, 4) is 0 Å². The average Bonchev–Trinajstić information content (AvgIpc) is 2.08. The molecular formula is C8H10F3NO5. The van der Waals surface area contributed by atoms with E-state index in [1.54, 1.807) is 5.32 Å². The molecule has 0 aromatic carbocycles. The largest absolute Gasteiger partial charge is 0.481 e. The SMILES string of the molecule is O=C(O)CC[C@H](NC(=O)CC(F)(F)F)C(=O)O. The number of hydrogen-bond donors (Lipinski definition) is 3. The summed E-state index contributed by atoms with van der Waals surface area (Å²) in [6.07, 6.45) is -7.58. The van der Waals surface area contributed by atoms with Crippen molar-refractivity contribution in [3.63, 3.8) is 0 Å². The quantitative estimate of drug-likeness (QED) is 0.637. The molecule has 0 saturated heterocycles. The van der Waals surface area contributed by atoms with Gasteiger partial charge in [0.25, 0.3) is 0 Å². The van der Waals surface area contributed by atoms with Crippen molar-refractivity contribution < 1.29 is 37.8 Å². The second-order valence-electron chi connectivity index (χ2n) is 3.18. The number of carboxylic acid groups (broad SMARTS) is 2. The summed E-state index contributed by atoms with van der Waals surface area (Å²) < 4.78 is 35.3.